The van der Waals surface area contributed by atoms with E-state index in [1.54, 1.807) is 0 Å². The predicted octanol–water partition coefficient (Wildman–Crippen LogP) is 4.09. The van der Waals surface area contributed by atoms with Gasteiger partial charge in [0.15, 0.2) is 16.1 Å². The molecule has 1 aliphatic heterocycles. The maximum atomic E-state index is 12.6. The Hall–Kier alpha value is -2.50. The molecule has 0 spiro atoms. The second kappa shape index (κ2) is 10.2. The third-order valence-electron chi connectivity index (χ3n) is 5.13. The summed E-state index contributed by atoms with van der Waals surface area (Å²) >= 11 is 8.89. The van der Waals surface area contributed by atoms with E-state index in [1.165, 1.54) is 23.1 Å². The van der Waals surface area contributed by atoms with Gasteiger partial charge < -0.3 is 10.1 Å². The first-order valence-electron chi connectivity index (χ1n) is 10.4. The zero-order valence-corrected chi connectivity index (χ0v) is 20.0. The van der Waals surface area contributed by atoms with Crippen LogP contribution in [0.25, 0.3) is 15.9 Å². The molecule has 0 aliphatic carbocycles. The normalized spacial score (nSPS) is 14.6. The molecule has 5 rings (SSSR count). The first-order valence-corrected chi connectivity index (χ1v) is 12.6. The standard InChI is InChI=1S/C22H21ClN6O2S2/c23-15-5-7-16(8-6-15)29-19(13-28-9-11-31-12-10-28)26-27-22(29)32-14-20(30)25-21-24-17-3-1-2-4-18(17)33-21/h1-8H,9-14H2,(H,24,25,30). The molecular formula is C22H21ClN6O2S2. The lowest BCUT2D eigenvalue weighted by molar-refractivity contribution is -0.113. The molecule has 11 heteroatoms. The number of benzene rings is 2. The quantitative estimate of drug-likeness (QED) is 0.382. The van der Waals surface area contributed by atoms with Gasteiger partial charge in [-0.05, 0) is 36.4 Å². The molecule has 0 unspecified atom stereocenters. The first kappa shape index (κ1) is 22.3. The van der Waals surface area contributed by atoms with Gasteiger partial charge in [0.05, 0.1) is 35.7 Å². The number of halogens is 1. The molecule has 1 saturated heterocycles. The lowest BCUT2D eigenvalue weighted by Gasteiger charge is -2.26. The molecule has 1 aliphatic rings. The van der Waals surface area contributed by atoms with Crippen LogP contribution in [-0.4, -0.2) is 62.6 Å². The van der Waals surface area contributed by atoms with E-state index in [2.05, 4.69) is 25.4 Å². The largest absolute Gasteiger partial charge is 0.379 e. The number of nitrogens with zero attached hydrogens (tertiary/aromatic N) is 5. The van der Waals surface area contributed by atoms with Crippen molar-refractivity contribution in [3.63, 3.8) is 0 Å². The van der Waals surface area contributed by atoms with Gasteiger partial charge in [-0.2, -0.15) is 0 Å². The highest BCUT2D eigenvalue weighted by Crippen LogP contribution is 2.27. The molecule has 1 amide bonds. The van der Waals surface area contributed by atoms with Crippen molar-refractivity contribution < 1.29 is 9.53 Å². The molecule has 4 aromatic rings. The summed E-state index contributed by atoms with van der Waals surface area (Å²) in [7, 11) is 0. The molecule has 0 saturated carbocycles. The molecule has 1 fully saturated rings. The van der Waals surface area contributed by atoms with Crippen molar-refractivity contribution in [3.05, 3.63) is 59.4 Å². The van der Waals surface area contributed by atoms with E-state index in [0.717, 1.165) is 34.8 Å². The SMILES string of the molecule is O=C(CSc1nnc(CN2CCOCC2)n1-c1ccc(Cl)cc1)Nc1nc2ccccc2s1. The number of carbonyl (C=O) groups excluding carboxylic acids is 1. The van der Waals surface area contributed by atoms with E-state index in [0.29, 0.717) is 35.1 Å². The van der Waals surface area contributed by atoms with E-state index in [-0.39, 0.29) is 11.7 Å². The van der Waals surface area contributed by atoms with Crippen molar-refractivity contribution in [1.29, 1.82) is 0 Å². The first-order chi connectivity index (χ1) is 16.2. The minimum atomic E-state index is -0.139. The molecule has 3 heterocycles. The highest BCUT2D eigenvalue weighted by Gasteiger charge is 2.20. The minimum absolute atomic E-state index is 0.139. The number of ether oxygens (including phenoxy) is 1. The summed E-state index contributed by atoms with van der Waals surface area (Å²) in [4.78, 5) is 19.4. The van der Waals surface area contributed by atoms with Gasteiger partial charge in [-0.1, -0.05) is 46.8 Å². The van der Waals surface area contributed by atoms with Crippen LogP contribution in [0.15, 0.2) is 53.7 Å². The number of morpholine rings is 1. The fraction of sp³-hybridized carbons (Fsp3) is 0.273. The third-order valence-corrected chi connectivity index (χ3v) is 7.26. The summed E-state index contributed by atoms with van der Waals surface area (Å²) in [5.41, 5.74) is 1.78. The van der Waals surface area contributed by atoms with E-state index in [4.69, 9.17) is 16.3 Å². The lowest BCUT2D eigenvalue weighted by atomic mass is 10.3. The maximum Gasteiger partial charge on any atom is 0.236 e. The van der Waals surface area contributed by atoms with Crippen LogP contribution in [0.5, 0.6) is 0 Å². The predicted molar refractivity (Wildman–Crippen MR) is 131 cm³/mol. The number of para-hydroxylation sites is 1. The van der Waals surface area contributed by atoms with Crippen LogP contribution in [0.2, 0.25) is 5.02 Å². The Morgan fingerprint density at radius 1 is 1.12 bits per heavy atom. The summed E-state index contributed by atoms with van der Waals surface area (Å²) < 4.78 is 8.48. The van der Waals surface area contributed by atoms with Crippen molar-refractivity contribution in [2.45, 2.75) is 11.7 Å². The minimum Gasteiger partial charge on any atom is -0.379 e. The number of nitrogens with one attached hydrogen (secondary N) is 1. The van der Waals surface area contributed by atoms with Crippen LogP contribution >= 0.6 is 34.7 Å². The second-order valence-electron chi connectivity index (χ2n) is 7.42. The Bertz CT molecular complexity index is 1220. The number of aromatic nitrogens is 4. The molecule has 0 atom stereocenters. The third kappa shape index (κ3) is 5.36. The van der Waals surface area contributed by atoms with Gasteiger partial charge in [0, 0.05) is 23.8 Å². The number of carbonyl (C=O) groups is 1. The molecule has 33 heavy (non-hydrogen) atoms. The van der Waals surface area contributed by atoms with Crippen molar-refractivity contribution in [1.82, 2.24) is 24.6 Å². The van der Waals surface area contributed by atoms with Gasteiger partial charge in [0.2, 0.25) is 5.91 Å². The van der Waals surface area contributed by atoms with Crippen molar-refractivity contribution in [2.75, 3.05) is 37.4 Å². The number of hydrogen-bond donors (Lipinski definition) is 1. The van der Waals surface area contributed by atoms with E-state index < -0.39 is 0 Å². The Kier molecular flexibility index (Phi) is 6.88. The Balaban J connectivity index is 1.32. The number of rotatable bonds is 7. The molecule has 0 bridgehead atoms. The molecular weight excluding hydrogens is 480 g/mol. The van der Waals surface area contributed by atoms with Gasteiger partial charge >= 0.3 is 0 Å². The summed E-state index contributed by atoms with van der Waals surface area (Å²) in [6.07, 6.45) is 0. The van der Waals surface area contributed by atoms with E-state index >= 15 is 0 Å². The number of hydrogen-bond acceptors (Lipinski definition) is 8. The van der Waals surface area contributed by atoms with Gasteiger partial charge in [-0.3, -0.25) is 14.3 Å². The fourth-order valence-electron chi connectivity index (χ4n) is 3.52. The summed E-state index contributed by atoms with van der Waals surface area (Å²) in [5.74, 6) is 0.867. The van der Waals surface area contributed by atoms with Gasteiger partial charge in [-0.15, -0.1) is 10.2 Å². The number of amides is 1. The number of thioether (sulfide) groups is 1. The van der Waals surface area contributed by atoms with Gasteiger partial charge in [0.1, 0.15) is 0 Å². The Morgan fingerprint density at radius 2 is 1.91 bits per heavy atom. The van der Waals surface area contributed by atoms with Crippen LogP contribution < -0.4 is 5.32 Å². The molecule has 0 radical (unpaired) electrons. The van der Waals surface area contributed by atoms with Crippen LogP contribution in [0.3, 0.4) is 0 Å². The summed E-state index contributed by atoms with van der Waals surface area (Å²) in [6.45, 7) is 3.77. The van der Waals surface area contributed by atoms with Crippen LogP contribution in [0.1, 0.15) is 5.82 Å². The number of anilines is 1. The van der Waals surface area contributed by atoms with Crippen molar-refractivity contribution >= 4 is 56.0 Å². The highest BCUT2D eigenvalue weighted by molar-refractivity contribution is 7.99. The molecule has 8 nitrogen and oxygen atoms in total. The molecule has 2 aromatic carbocycles. The Labute approximate surface area is 203 Å². The number of thiazole rings is 1. The molecule has 170 valence electrons. The van der Waals surface area contributed by atoms with Crippen molar-refractivity contribution in [2.24, 2.45) is 0 Å². The zero-order chi connectivity index (χ0) is 22.6. The second-order valence-corrected chi connectivity index (χ2v) is 9.83. The average Bonchev–Trinajstić information content (AvgIpc) is 3.42. The lowest BCUT2D eigenvalue weighted by Crippen LogP contribution is -2.36. The highest BCUT2D eigenvalue weighted by atomic mass is 35.5. The average molecular weight is 501 g/mol. The smallest absolute Gasteiger partial charge is 0.236 e. The Morgan fingerprint density at radius 3 is 2.70 bits per heavy atom. The van der Waals surface area contributed by atoms with Crippen LogP contribution in [0, 0.1) is 0 Å². The fourth-order valence-corrected chi connectivity index (χ4v) is 5.29. The van der Waals surface area contributed by atoms with Crippen LogP contribution in [0.4, 0.5) is 5.13 Å². The number of fused-ring (bicyclic) bond motifs is 1. The van der Waals surface area contributed by atoms with Crippen LogP contribution in [-0.2, 0) is 16.1 Å². The van der Waals surface area contributed by atoms with E-state index in [1.807, 2.05) is 53.1 Å². The monoisotopic (exact) mass is 500 g/mol. The summed E-state index contributed by atoms with van der Waals surface area (Å²) in [6, 6.07) is 15.3. The topological polar surface area (TPSA) is 85.2 Å². The van der Waals surface area contributed by atoms with Crippen molar-refractivity contribution in [3.8, 4) is 5.69 Å². The summed E-state index contributed by atoms with van der Waals surface area (Å²) in [5, 5.41) is 13.6. The van der Waals surface area contributed by atoms with E-state index in [9.17, 15) is 4.79 Å². The van der Waals surface area contributed by atoms with Gasteiger partial charge in [-0.25, -0.2) is 4.98 Å². The molecule has 1 N–H and O–H groups in total. The zero-order valence-electron chi connectivity index (χ0n) is 17.6. The molecule has 2 aromatic heterocycles. The van der Waals surface area contributed by atoms with Gasteiger partial charge in [0.25, 0.3) is 0 Å². The maximum absolute atomic E-state index is 12.6.